The zero-order valence-corrected chi connectivity index (χ0v) is 11.4. The molecule has 2 nitrogen and oxygen atoms in total. The molecule has 0 bridgehead atoms. The van der Waals surface area contributed by atoms with Crippen LogP contribution in [0.3, 0.4) is 0 Å². The van der Waals surface area contributed by atoms with E-state index in [9.17, 15) is 5.11 Å². The molecule has 2 atom stereocenters. The number of para-hydroxylation sites is 1. The number of hydrogen-bond acceptors (Lipinski definition) is 2. The zero-order valence-electron chi connectivity index (χ0n) is 9.78. The van der Waals surface area contributed by atoms with Crippen LogP contribution in [0.5, 0.6) is 5.75 Å². The lowest BCUT2D eigenvalue weighted by Gasteiger charge is -2.21. The highest BCUT2D eigenvalue weighted by atomic mass is 79.9. The van der Waals surface area contributed by atoms with E-state index in [-0.39, 0.29) is 0 Å². The normalized spacial score (nSPS) is 26.2. The minimum absolute atomic E-state index is 0.384. The van der Waals surface area contributed by atoms with Crippen LogP contribution < -0.4 is 0 Å². The van der Waals surface area contributed by atoms with Gasteiger partial charge in [-0.1, -0.05) is 19.1 Å². The van der Waals surface area contributed by atoms with E-state index in [0.29, 0.717) is 11.8 Å². The van der Waals surface area contributed by atoms with Crippen LogP contribution in [0.15, 0.2) is 22.7 Å². The monoisotopic (exact) mass is 283 g/mol. The van der Waals surface area contributed by atoms with Crippen molar-refractivity contribution in [3.05, 3.63) is 28.2 Å². The average molecular weight is 284 g/mol. The van der Waals surface area contributed by atoms with Crippen LogP contribution in [0.1, 0.15) is 25.8 Å². The number of halogens is 1. The largest absolute Gasteiger partial charge is 0.506 e. The van der Waals surface area contributed by atoms with Gasteiger partial charge in [-0.3, -0.25) is 4.90 Å². The van der Waals surface area contributed by atoms with Crippen LogP contribution >= 0.6 is 15.9 Å². The Kier molecular flexibility index (Phi) is 3.55. The lowest BCUT2D eigenvalue weighted by atomic mass is 10.1. The first kappa shape index (κ1) is 11.9. The fraction of sp³-hybridized carbons (Fsp3) is 0.538. The van der Waals surface area contributed by atoms with Crippen molar-refractivity contribution >= 4 is 15.9 Å². The minimum atomic E-state index is 0.384. The first-order chi connectivity index (χ1) is 7.58. The highest BCUT2D eigenvalue weighted by Crippen LogP contribution is 2.31. The van der Waals surface area contributed by atoms with Crippen molar-refractivity contribution in [2.45, 2.75) is 32.9 Å². The second-order valence-corrected chi connectivity index (χ2v) is 5.72. The number of phenolic OH excluding ortho intramolecular Hbond substituents is 1. The lowest BCUT2D eigenvalue weighted by Crippen LogP contribution is -2.26. The van der Waals surface area contributed by atoms with E-state index in [1.54, 1.807) is 0 Å². The van der Waals surface area contributed by atoms with Crippen LogP contribution in [0, 0.1) is 5.92 Å². The van der Waals surface area contributed by atoms with Gasteiger partial charge in [-0.2, -0.15) is 0 Å². The lowest BCUT2D eigenvalue weighted by molar-refractivity contribution is 0.253. The number of phenols is 1. The van der Waals surface area contributed by atoms with E-state index in [4.69, 9.17) is 0 Å². The highest BCUT2D eigenvalue weighted by Gasteiger charge is 2.26. The summed E-state index contributed by atoms with van der Waals surface area (Å²) in [5.41, 5.74) is 1.01. The van der Waals surface area contributed by atoms with Crippen molar-refractivity contribution in [1.29, 1.82) is 0 Å². The van der Waals surface area contributed by atoms with E-state index < -0.39 is 0 Å². The summed E-state index contributed by atoms with van der Waals surface area (Å²) >= 11 is 3.35. The molecule has 16 heavy (non-hydrogen) atoms. The maximum atomic E-state index is 9.94. The molecule has 1 aliphatic heterocycles. The molecule has 1 aromatic carbocycles. The molecule has 0 aromatic heterocycles. The second-order valence-electron chi connectivity index (χ2n) is 4.87. The van der Waals surface area contributed by atoms with Gasteiger partial charge in [0.1, 0.15) is 5.75 Å². The third-order valence-corrected chi connectivity index (χ3v) is 4.00. The number of aromatic hydroxyl groups is 1. The predicted molar refractivity (Wildman–Crippen MR) is 69.5 cm³/mol. The SMILES string of the molecule is CC1CC(C)N(Cc2cccc(Br)c2O)C1. The molecule has 2 unspecified atom stereocenters. The molecule has 1 aromatic rings. The van der Waals surface area contributed by atoms with E-state index >= 15 is 0 Å². The van der Waals surface area contributed by atoms with Crippen molar-refractivity contribution in [3.63, 3.8) is 0 Å². The molecule has 1 saturated heterocycles. The molecular weight excluding hydrogens is 266 g/mol. The summed E-state index contributed by atoms with van der Waals surface area (Å²) < 4.78 is 0.782. The maximum Gasteiger partial charge on any atom is 0.134 e. The number of benzene rings is 1. The fourth-order valence-electron chi connectivity index (χ4n) is 2.51. The Labute approximate surface area is 105 Å². The fourth-order valence-corrected chi connectivity index (χ4v) is 2.92. The minimum Gasteiger partial charge on any atom is -0.506 e. The summed E-state index contributed by atoms with van der Waals surface area (Å²) in [5.74, 6) is 1.15. The van der Waals surface area contributed by atoms with Gasteiger partial charge in [-0.15, -0.1) is 0 Å². The van der Waals surface area contributed by atoms with E-state index in [1.807, 2.05) is 18.2 Å². The Morgan fingerprint density at radius 1 is 1.44 bits per heavy atom. The van der Waals surface area contributed by atoms with Crippen molar-refractivity contribution in [2.75, 3.05) is 6.54 Å². The summed E-state index contributed by atoms with van der Waals surface area (Å²) in [6, 6.07) is 6.46. The van der Waals surface area contributed by atoms with Crippen molar-refractivity contribution in [2.24, 2.45) is 5.92 Å². The molecular formula is C13H18BrNO. The Balaban J connectivity index is 2.12. The van der Waals surface area contributed by atoms with Gasteiger partial charge in [0.15, 0.2) is 0 Å². The summed E-state index contributed by atoms with van der Waals surface area (Å²) in [7, 11) is 0. The molecule has 1 N–H and O–H groups in total. The number of nitrogens with zero attached hydrogens (tertiary/aromatic N) is 1. The first-order valence-corrected chi connectivity index (χ1v) is 6.57. The molecule has 88 valence electrons. The van der Waals surface area contributed by atoms with Gasteiger partial charge in [0.25, 0.3) is 0 Å². The highest BCUT2D eigenvalue weighted by molar-refractivity contribution is 9.10. The molecule has 0 amide bonds. The van der Waals surface area contributed by atoms with Gasteiger partial charge in [-0.25, -0.2) is 0 Å². The summed E-state index contributed by atoms with van der Waals surface area (Å²) in [6.07, 6.45) is 1.26. The molecule has 0 radical (unpaired) electrons. The zero-order chi connectivity index (χ0) is 11.7. The molecule has 1 heterocycles. The summed E-state index contributed by atoms with van der Waals surface area (Å²) in [5, 5.41) is 9.94. The maximum absolute atomic E-state index is 9.94. The van der Waals surface area contributed by atoms with Gasteiger partial charge < -0.3 is 5.11 Å². The Morgan fingerprint density at radius 2 is 2.19 bits per heavy atom. The molecule has 0 saturated carbocycles. The molecule has 0 spiro atoms. The number of rotatable bonds is 2. The summed E-state index contributed by atoms with van der Waals surface area (Å²) in [4.78, 5) is 2.44. The van der Waals surface area contributed by atoms with Crippen LogP contribution in [-0.4, -0.2) is 22.6 Å². The van der Waals surface area contributed by atoms with Gasteiger partial charge in [0.05, 0.1) is 4.47 Å². The van der Waals surface area contributed by atoms with Crippen LogP contribution in [-0.2, 0) is 6.54 Å². The van der Waals surface area contributed by atoms with Crippen molar-refractivity contribution < 1.29 is 5.11 Å². The molecule has 1 aliphatic rings. The van der Waals surface area contributed by atoms with E-state index in [1.165, 1.54) is 6.42 Å². The smallest absolute Gasteiger partial charge is 0.134 e. The van der Waals surface area contributed by atoms with Crippen LogP contribution in [0.2, 0.25) is 0 Å². The number of hydrogen-bond donors (Lipinski definition) is 1. The molecule has 2 rings (SSSR count). The molecule has 3 heteroatoms. The predicted octanol–water partition coefficient (Wildman–Crippen LogP) is 3.39. The summed E-state index contributed by atoms with van der Waals surface area (Å²) in [6.45, 7) is 6.53. The van der Waals surface area contributed by atoms with Crippen molar-refractivity contribution in [1.82, 2.24) is 4.90 Å². The quantitative estimate of drug-likeness (QED) is 0.900. The van der Waals surface area contributed by atoms with Crippen LogP contribution in [0.25, 0.3) is 0 Å². The Hall–Kier alpha value is -0.540. The third kappa shape index (κ3) is 2.41. The molecule has 0 aliphatic carbocycles. The van der Waals surface area contributed by atoms with E-state index in [2.05, 4.69) is 34.7 Å². The molecule has 1 fully saturated rings. The first-order valence-electron chi connectivity index (χ1n) is 5.78. The van der Waals surface area contributed by atoms with Gasteiger partial charge in [0.2, 0.25) is 0 Å². The Morgan fingerprint density at radius 3 is 2.81 bits per heavy atom. The van der Waals surface area contributed by atoms with Gasteiger partial charge >= 0.3 is 0 Å². The standard InChI is InChI=1S/C13H18BrNO/c1-9-6-10(2)15(7-9)8-11-4-3-5-12(14)13(11)16/h3-5,9-10,16H,6-8H2,1-2H3. The van der Waals surface area contributed by atoms with Crippen molar-refractivity contribution in [3.8, 4) is 5.75 Å². The van der Waals surface area contributed by atoms with Crippen LogP contribution in [0.4, 0.5) is 0 Å². The van der Waals surface area contributed by atoms with Gasteiger partial charge in [0, 0.05) is 24.7 Å². The van der Waals surface area contributed by atoms with E-state index in [0.717, 1.165) is 29.0 Å². The topological polar surface area (TPSA) is 23.5 Å². The third-order valence-electron chi connectivity index (χ3n) is 3.36. The number of likely N-dealkylation sites (tertiary alicyclic amines) is 1. The average Bonchev–Trinajstić information content (AvgIpc) is 2.53. The second kappa shape index (κ2) is 4.76. The van der Waals surface area contributed by atoms with Gasteiger partial charge in [-0.05, 0) is 41.3 Å². The Bertz CT molecular complexity index is 380.